The summed E-state index contributed by atoms with van der Waals surface area (Å²) in [7, 11) is 0. The number of hydrogen-bond donors (Lipinski definition) is 2. The molecule has 1 amide bonds. The molecule has 0 saturated carbocycles. The lowest BCUT2D eigenvalue weighted by Crippen LogP contribution is -2.28. The van der Waals surface area contributed by atoms with Gasteiger partial charge in [-0.2, -0.15) is 0 Å². The molecule has 1 aromatic carbocycles. The second kappa shape index (κ2) is 5.06. The zero-order valence-corrected chi connectivity index (χ0v) is 8.40. The minimum absolute atomic E-state index is 0.000281. The average Bonchev–Trinajstić information content (AvgIpc) is 2.18. The van der Waals surface area contributed by atoms with Gasteiger partial charge in [-0.25, -0.2) is 13.2 Å². The molecule has 1 rings (SSSR count). The molecular formula is C9H8F3NOS. The zero-order valence-electron chi connectivity index (χ0n) is 7.51. The third-order valence-corrected chi connectivity index (χ3v) is 1.97. The lowest BCUT2D eigenvalue weighted by Gasteiger charge is -2.05. The highest BCUT2D eigenvalue weighted by molar-refractivity contribution is 7.80. The lowest BCUT2D eigenvalue weighted by atomic mass is 10.2. The Balaban J connectivity index is 2.70. The summed E-state index contributed by atoms with van der Waals surface area (Å²) in [4.78, 5) is 11.2. The van der Waals surface area contributed by atoms with Crippen molar-refractivity contribution in [1.82, 2.24) is 5.32 Å². The Morgan fingerprint density at radius 3 is 2.67 bits per heavy atom. The highest BCUT2D eigenvalue weighted by Crippen LogP contribution is 2.14. The molecule has 2 nitrogen and oxygen atoms in total. The van der Waals surface area contributed by atoms with Gasteiger partial charge < -0.3 is 5.32 Å². The molecular weight excluding hydrogens is 227 g/mol. The zero-order chi connectivity index (χ0) is 11.4. The fraction of sp³-hybridized carbons (Fsp3) is 0.222. The molecule has 0 atom stereocenters. The van der Waals surface area contributed by atoms with Gasteiger partial charge in [0, 0.05) is 10.5 Å². The van der Waals surface area contributed by atoms with E-state index in [0.29, 0.717) is 0 Å². The van der Waals surface area contributed by atoms with E-state index in [1.165, 1.54) is 12.1 Å². The average molecular weight is 235 g/mol. The quantitative estimate of drug-likeness (QED) is 0.772. The number of rotatable bonds is 3. The van der Waals surface area contributed by atoms with E-state index in [4.69, 9.17) is 0 Å². The summed E-state index contributed by atoms with van der Waals surface area (Å²) in [5.41, 5.74) is 0.0991. The van der Waals surface area contributed by atoms with Gasteiger partial charge in [-0.05, 0) is 18.2 Å². The van der Waals surface area contributed by atoms with Crippen LogP contribution in [0.2, 0.25) is 0 Å². The number of alkyl halides is 2. The summed E-state index contributed by atoms with van der Waals surface area (Å²) in [5.74, 6) is -1.24. The largest absolute Gasteiger partial charge is 0.346 e. The topological polar surface area (TPSA) is 29.1 Å². The van der Waals surface area contributed by atoms with Crippen molar-refractivity contribution in [3.05, 3.63) is 29.6 Å². The van der Waals surface area contributed by atoms with Crippen LogP contribution in [-0.4, -0.2) is 18.9 Å². The molecule has 0 heterocycles. The third-order valence-electron chi connectivity index (χ3n) is 1.63. The second-order valence-electron chi connectivity index (χ2n) is 2.77. The first-order chi connectivity index (χ1) is 7.00. The van der Waals surface area contributed by atoms with Crippen LogP contribution in [0, 0.1) is 5.82 Å². The van der Waals surface area contributed by atoms with Gasteiger partial charge in [0.1, 0.15) is 5.82 Å². The standard InChI is InChI=1S/C9H8F3NOS/c10-6-2-1-5(3-7(6)15)9(14)13-4-8(11)12/h1-3,8,15H,4H2,(H,13,14). The van der Waals surface area contributed by atoms with Crippen molar-refractivity contribution in [2.45, 2.75) is 11.3 Å². The van der Waals surface area contributed by atoms with E-state index in [0.717, 1.165) is 6.07 Å². The molecule has 0 saturated heterocycles. The van der Waals surface area contributed by atoms with Crippen LogP contribution in [0.4, 0.5) is 13.2 Å². The molecule has 0 aliphatic rings. The SMILES string of the molecule is O=C(NCC(F)F)c1ccc(F)c(S)c1. The molecule has 0 bridgehead atoms. The van der Waals surface area contributed by atoms with Crippen molar-refractivity contribution in [3.8, 4) is 0 Å². The Hall–Kier alpha value is -1.17. The Labute approximate surface area is 89.9 Å². The van der Waals surface area contributed by atoms with E-state index in [9.17, 15) is 18.0 Å². The van der Waals surface area contributed by atoms with Crippen molar-refractivity contribution in [1.29, 1.82) is 0 Å². The van der Waals surface area contributed by atoms with E-state index in [1.807, 2.05) is 5.32 Å². The first-order valence-corrected chi connectivity index (χ1v) is 4.50. The van der Waals surface area contributed by atoms with Crippen LogP contribution in [0.3, 0.4) is 0 Å². The fourth-order valence-electron chi connectivity index (χ4n) is 0.926. The number of amides is 1. The Morgan fingerprint density at radius 1 is 1.47 bits per heavy atom. The summed E-state index contributed by atoms with van der Waals surface area (Å²) < 4.78 is 36.3. The van der Waals surface area contributed by atoms with Crippen molar-refractivity contribution in [3.63, 3.8) is 0 Å². The van der Waals surface area contributed by atoms with Crippen LogP contribution < -0.4 is 5.32 Å². The molecule has 0 spiro atoms. The molecule has 6 heteroatoms. The molecule has 0 aromatic heterocycles. The number of carbonyl (C=O) groups excluding carboxylic acids is 1. The molecule has 0 radical (unpaired) electrons. The number of thiol groups is 1. The van der Waals surface area contributed by atoms with Gasteiger partial charge in [-0.1, -0.05) is 0 Å². The van der Waals surface area contributed by atoms with Crippen molar-refractivity contribution in [2.75, 3.05) is 6.54 Å². The van der Waals surface area contributed by atoms with Gasteiger partial charge in [0.05, 0.1) is 6.54 Å². The number of carbonyl (C=O) groups is 1. The van der Waals surface area contributed by atoms with Gasteiger partial charge in [-0.15, -0.1) is 12.6 Å². The summed E-state index contributed by atoms with van der Waals surface area (Å²) in [6.45, 7) is -0.724. The van der Waals surface area contributed by atoms with Gasteiger partial charge in [0.2, 0.25) is 0 Å². The molecule has 0 fully saturated rings. The molecule has 1 N–H and O–H groups in total. The van der Waals surface area contributed by atoms with Gasteiger partial charge in [0.15, 0.2) is 0 Å². The Kier molecular flexibility index (Phi) is 4.02. The Morgan fingerprint density at radius 2 is 2.13 bits per heavy atom. The Bertz CT molecular complexity index is 370. The van der Waals surface area contributed by atoms with Crippen molar-refractivity contribution in [2.24, 2.45) is 0 Å². The predicted molar refractivity (Wildman–Crippen MR) is 52.0 cm³/mol. The highest BCUT2D eigenvalue weighted by atomic mass is 32.1. The molecule has 0 unspecified atom stereocenters. The summed E-state index contributed by atoms with van der Waals surface area (Å²) in [5, 5.41) is 2.00. The fourth-order valence-corrected chi connectivity index (χ4v) is 1.14. The first-order valence-electron chi connectivity index (χ1n) is 4.05. The third kappa shape index (κ3) is 3.47. The molecule has 82 valence electrons. The van der Waals surface area contributed by atoms with E-state index < -0.39 is 24.7 Å². The van der Waals surface area contributed by atoms with Crippen molar-refractivity contribution < 1.29 is 18.0 Å². The maximum atomic E-state index is 12.7. The van der Waals surface area contributed by atoms with Crippen LogP contribution in [-0.2, 0) is 0 Å². The van der Waals surface area contributed by atoms with Crippen LogP contribution in [0.25, 0.3) is 0 Å². The van der Waals surface area contributed by atoms with Gasteiger partial charge in [-0.3, -0.25) is 4.79 Å². The normalized spacial score (nSPS) is 10.5. The maximum Gasteiger partial charge on any atom is 0.255 e. The van der Waals surface area contributed by atoms with E-state index in [2.05, 4.69) is 12.6 Å². The minimum Gasteiger partial charge on any atom is -0.346 e. The number of benzene rings is 1. The smallest absolute Gasteiger partial charge is 0.255 e. The number of nitrogens with one attached hydrogen (secondary N) is 1. The minimum atomic E-state index is -2.61. The molecule has 0 aliphatic carbocycles. The monoisotopic (exact) mass is 235 g/mol. The molecule has 1 aromatic rings. The van der Waals surface area contributed by atoms with Gasteiger partial charge >= 0.3 is 0 Å². The van der Waals surface area contributed by atoms with Crippen molar-refractivity contribution >= 4 is 18.5 Å². The number of halogens is 3. The predicted octanol–water partition coefficient (Wildman–Crippen LogP) is 2.11. The van der Waals surface area contributed by atoms with E-state index in [1.54, 1.807) is 0 Å². The summed E-state index contributed by atoms with van der Waals surface area (Å²) in [6.07, 6.45) is -2.61. The van der Waals surface area contributed by atoms with Gasteiger partial charge in [0.25, 0.3) is 12.3 Å². The van der Waals surface area contributed by atoms with E-state index >= 15 is 0 Å². The first kappa shape index (κ1) is 11.9. The summed E-state index contributed by atoms with van der Waals surface area (Å²) >= 11 is 3.77. The lowest BCUT2D eigenvalue weighted by molar-refractivity contribution is 0.0891. The molecule has 0 aliphatic heterocycles. The number of hydrogen-bond acceptors (Lipinski definition) is 2. The maximum absolute atomic E-state index is 12.7. The second-order valence-corrected chi connectivity index (χ2v) is 3.25. The van der Waals surface area contributed by atoms with Crippen LogP contribution in [0.1, 0.15) is 10.4 Å². The van der Waals surface area contributed by atoms with E-state index in [-0.39, 0.29) is 10.5 Å². The van der Waals surface area contributed by atoms with Crippen LogP contribution in [0.15, 0.2) is 23.1 Å². The molecule has 15 heavy (non-hydrogen) atoms. The summed E-state index contributed by atoms with van der Waals surface area (Å²) in [6, 6.07) is 3.44. The van der Waals surface area contributed by atoms with Crippen LogP contribution in [0.5, 0.6) is 0 Å². The highest BCUT2D eigenvalue weighted by Gasteiger charge is 2.10. The van der Waals surface area contributed by atoms with Crippen LogP contribution >= 0.6 is 12.6 Å².